The lowest BCUT2D eigenvalue weighted by Crippen LogP contribution is -1.98. The van der Waals surface area contributed by atoms with Gasteiger partial charge in [0.1, 0.15) is 5.69 Å². The van der Waals surface area contributed by atoms with Gasteiger partial charge in [0.15, 0.2) is 0 Å². The van der Waals surface area contributed by atoms with Crippen molar-refractivity contribution in [1.29, 1.82) is 0 Å². The molecule has 0 radical (unpaired) electrons. The van der Waals surface area contributed by atoms with Crippen LogP contribution in [0.15, 0.2) is 5.38 Å². The van der Waals surface area contributed by atoms with Gasteiger partial charge in [-0.1, -0.05) is 17.3 Å². The Morgan fingerprint density at radius 2 is 2.50 bits per heavy atom. The molecule has 12 heavy (non-hydrogen) atoms. The third-order valence-electron chi connectivity index (χ3n) is 2.26. The topological polar surface area (TPSA) is 46.0 Å². The van der Waals surface area contributed by atoms with Crippen molar-refractivity contribution in [1.82, 2.24) is 9.59 Å². The van der Waals surface area contributed by atoms with Crippen LogP contribution in [0.3, 0.4) is 0 Å². The van der Waals surface area contributed by atoms with Crippen molar-refractivity contribution >= 4 is 11.5 Å². The number of nitrogens with zero attached hydrogens (tertiary/aromatic N) is 2. The van der Waals surface area contributed by atoms with Crippen LogP contribution < -0.4 is 0 Å². The van der Waals surface area contributed by atoms with Gasteiger partial charge in [-0.15, -0.1) is 5.10 Å². The van der Waals surface area contributed by atoms with Gasteiger partial charge in [0.2, 0.25) is 0 Å². The van der Waals surface area contributed by atoms with Crippen LogP contribution in [0.1, 0.15) is 37.5 Å². The van der Waals surface area contributed by atoms with Gasteiger partial charge in [0, 0.05) is 5.38 Å². The van der Waals surface area contributed by atoms with E-state index in [9.17, 15) is 5.11 Å². The van der Waals surface area contributed by atoms with Gasteiger partial charge in [0.05, 0.1) is 6.10 Å². The molecule has 1 heterocycles. The molecule has 1 saturated carbocycles. The molecule has 0 spiro atoms. The van der Waals surface area contributed by atoms with Gasteiger partial charge in [-0.25, -0.2) is 0 Å². The zero-order chi connectivity index (χ0) is 8.39. The molecule has 1 aromatic heterocycles. The molecule has 1 aliphatic carbocycles. The van der Waals surface area contributed by atoms with E-state index in [1.807, 2.05) is 5.38 Å². The molecule has 1 unspecified atom stereocenters. The third-order valence-corrected chi connectivity index (χ3v) is 2.79. The fourth-order valence-corrected chi connectivity index (χ4v) is 1.77. The van der Waals surface area contributed by atoms with Crippen molar-refractivity contribution in [2.24, 2.45) is 5.92 Å². The van der Waals surface area contributed by atoms with E-state index >= 15 is 0 Å². The van der Waals surface area contributed by atoms with Crippen molar-refractivity contribution in [2.45, 2.75) is 31.8 Å². The predicted octanol–water partition coefficient (Wildman–Crippen LogP) is 1.76. The molecule has 0 aliphatic heterocycles. The lowest BCUT2D eigenvalue weighted by molar-refractivity contribution is 0.157. The van der Waals surface area contributed by atoms with Crippen LogP contribution >= 0.6 is 11.5 Å². The van der Waals surface area contributed by atoms with Crippen molar-refractivity contribution < 1.29 is 5.11 Å². The molecule has 0 saturated heterocycles. The summed E-state index contributed by atoms with van der Waals surface area (Å²) in [6.07, 6.45) is 4.29. The average molecular weight is 184 g/mol. The standard InChI is InChI=1S/C8H12N2OS/c11-8(4-3-6-1-2-6)7-5-12-10-9-7/h5-6,8,11H,1-4H2. The summed E-state index contributed by atoms with van der Waals surface area (Å²) in [6.45, 7) is 0. The Balaban J connectivity index is 1.79. The largest absolute Gasteiger partial charge is 0.387 e. The molecule has 3 nitrogen and oxygen atoms in total. The van der Waals surface area contributed by atoms with E-state index in [2.05, 4.69) is 9.59 Å². The SMILES string of the molecule is OC(CCC1CC1)c1csnn1. The Morgan fingerprint density at radius 3 is 3.08 bits per heavy atom. The minimum atomic E-state index is -0.385. The van der Waals surface area contributed by atoms with Crippen LogP contribution in [0.25, 0.3) is 0 Å². The summed E-state index contributed by atoms with van der Waals surface area (Å²) in [5.41, 5.74) is 0.737. The Kier molecular flexibility index (Phi) is 2.37. The molecule has 0 amide bonds. The van der Waals surface area contributed by atoms with Crippen LogP contribution in [-0.4, -0.2) is 14.7 Å². The quantitative estimate of drug-likeness (QED) is 0.775. The number of rotatable bonds is 4. The molecule has 1 aliphatic rings. The van der Waals surface area contributed by atoms with Crippen LogP contribution in [0.5, 0.6) is 0 Å². The normalized spacial score (nSPS) is 19.4. The van der Waals surface area contributed by atoms with E-state index in [1.165, 1.54) is 24.4 Å². The predicted molar refractivity (Wildman–Crippen MR) is 46.8 cm³/mol. The Hall–Kier alpha value is -0.480. The van der Waals surface area contributed by atoms with E-state index in [0.717, 1.165) is 24.5 Å². The summed E-state index contributed by atoms with van der Waals surface area (Å²) >= 11 is 1.30. The zero-order valence-corrected chi connectivity index (χ0v) is 7.63. The lowest BCUT2D eigenvalue weighted by Gasteiger charge is -2.04. The number of aromatic nitrogens is 2. The number of hydrogen-bond donors (Lipinski definition) is 1. The van der Waals surface area contributed by atoms with Crippen molar-refractivity contribution in [3.63, 3.8) is 0 Å². The van der Waals surface area contributed by atoms with Gasteiger partial charge >= 0.3 is 0 Å². The van der Waals surface area contributed by atoms with Gasteiger partial charge in [-0.2, -0.15) is 0 Å². The first-order valence-electron chi connectivity index (χ1n) is 4.31. The number of aliphatic hydroxyl groups excluding tert-OH is 1. The van der Waals surface area contributed by atoms with Crippen molar-refractivity contribution in [2.75, 3.05) is 0 Å². The second-order valence-corrected chi connectivity index (χ2v) is 3.98. The van der Waals surface area contributed by atoms with Gasteiger partial charge in [-0.3, -0.25) is 0 Å². The maximum absolute atomic E-state index is 9.59. The molecular formula is C8H12N2OS. The summed E-state index contributed by atoms with van der Waals surface area (Å²) < 4.78 is 3.72. The van der Waals surface area contributed by atoms with Gasteiger partial charge in [0.25, 0.3) is 0 Å². The van der Waals surface area contributed by atoms with E-state index in [1.54, 1.807) is 0 Å². The lowest BCUT2D eigenvalue weighted by atomic mass is 10.1. The second kappa shape index (κ2) is 3.49. The summed E-state index contributed by atoms with van der Waals surface area (Å²) in [5, 5.41) is 15.2. The number of aliphatic hydroxyl groups is 1. The Bertz CT molecular complexity index is 233. The highest BCUT2D eigenvalue weighted by Gasteiger charge is 2.22. The summed E-state index contributed by atoms with van der Waals surface area (Å²) in [7, 11) is 0. The highest BCUT2D eigenvalue weighted by molar-refractivity contribution is 7.03. The van der Waals surface area contributed by atoms with Crippen molar-refractivity contribution in [3.8, 4) is 0 Å². The molecule has 66 valence electrons. The van der Waals surface area contributed by atoms with Crippen LogP contribution in [0.4, 0.5) is 0 Å². The maximum Gasteiger partial charge on any atom is 0.104 e. The fourth-order valence-electron chi connectivity index (χ4n) is 1.27. The molecule has 1 aromatic rings. The van der Waals surface area contributed by atoms with E-state index in [-0.39, 0.29) is 6.10 Å². The monoisotopic (exact) mass is 184 g/mol. The molecule has 4 heteroatoms. The zero-order valence-electron chi connectivity index (χ0n) is 6.81. The van der Waals surface area contributed by atoms with E-state index in [0.29, 0.717) is 0 Å². The minimum absolute atomic E-state index is 0.385. The fraction of sp³-hybridized carbons (Fsp3) is 0.750. The van der Waals surface area contributed by atoms with Crippen LogP contribution in [0.2, 0.25) is 0 Å². The minimum Gasteiger partial charge on any atom is -0.387 e. The molecule has 0 bridgehead atoms. The first kappa shape index (κ1) is 8.13. The van der Waals surface area contributed by atoms with Crippen molar-refractivity contribution in [3.05, 3.63) is 11.1 Å². The van der Waals surface area contributed by atoms with Gasteiger partial charge in [-0.05, 0) is 30.3 Å². The van der Waals surface area contributed by atoms with E-state index < -0.39 is 0 Å². The highest BCUT2D eigenvalue weighted by Crippen LogP contribution is 2.35. The average Bonchev–Trinajstić information content (AvgIpc) is 2.74. The smallest absolute Gasteiger partial charge is 0.104 e. The number of hydrogen-bond acceptors (Lipinski definition) is 4. The first-order chi connectivity index (χ1) is 5.86. The first-order valence-corrected chi connectivity index (χ1v) is 5.15. The summed E-state index contributed by atoms with van der Waals surface area (Å²) in [5.74, 6) is 0.881. The third kappa shape index (κ3) is 2.01. The van der Waals surface area contributed by atoms with Gasteiger partial charge < -0.3 is 5.11 Å². The van der Waals surface area contributed by atoms with Crippen LogP contribution in [-0.2, 0) is 0 Å². The molecule has 1 atom stereocenters. The maximum atomic E-state index is 9.59. The van der Waals surface area contributed by atoms with Crippen LogP contribution in [0, 0.1) is 5.92 Å². The molecule has 1 fully saturated rings. The highest BCUT2D eigenvalue weighted by atomic mass is 32.1. The Labute approximate surface area is 75.6 Å². The molecule has 0 aromatic carbocycles. The molecule has 2 rings (SSSR count). The summed E-state index contributed by atoms with van der Waals surface area (Å²) in [6, 6.07) is 0. The Morgan fingerprint density at radius 1 is 1.67 bits per heavy atom. The molecular weight excluding hydrogens is 172 g/mol. The second-order valence-electron chi connectivity index (χ2n) is 3.37. The molecule has 1 N–H and O–H groups in total. The summed E-state index contributed by atoms with van der Waals surface area (Å²) in [4.78, 5) is 0. The van der Waals surface area contributed by atoms with E-state index in [4.69, 9.17) is 0 Å².